The summed E-state index contributed by atoms with van der Waals surface area (Å²) in [6.07, 6.45) is 0.625. The van der Waals surface area contributed by atoms with Crippen LogP contribution in [-0.4, -0.2) is 11.0 Å². The number of aromatic nitrogens is 1. The number of benzene rings is 1. The third-order valence-electron chi connectivity index (χ3n) is 2.99. The maximum atomic E-state index is 13.8. The van der Waals surface area contributed by atoms with Gasteiger partial charge in [-0.3, -0.25) is 4.98 Å². The van der Waals surface area contributed by atoms with Gasteiger partial charge in [-0.1, -0.05) is 22.0 Å². The minimum atomic E-state index is -0.293. The summed E-state index contributed by atoms with van der Waals surface area (Å²) in [5, 5.41) is 0. The zero-order valence-corrected chi connectivity index (χ0v) is 13.7. The molecule has 1 aromatic heterocycles. The second-order valence-electron chi connectivity index (χ2n) is 5.10. The van der Waals surface area contributed by atoms with Crippen molar-refractivity contribution in [2.75, 3.05) is 0 Å². The van der Waals surface area contributed by atoms with E-state index in [4.69, 9.17) is 10.5 Å². The van der Waals surface area contributed by atoms with Crippen LogP contribution in [-0.2, 0) is 13.0 Å². The van der Waals surface area contributed by atoms with Gasteiger partial charge in [0.1, 0.15) is 18.2 Å². The number of rotatable bonds is 5. The first-order valence-corrected chi connectivity index (χ1v) is 7.54. The summed E-state index contributed by atoms with van der Waals surface area (Å²) in [7, 11) is 0. The molecule has 3 nitrogen and oxygen atoms in total. The van der Waals surface area contributed by atoms with Gasteiger partial charge in [-0.05, 0) is 38.1 Å². The maximum absolute atomic E-state index is 13.8. The fourth-order valence-corrected chi connectivity index (χ4v) is 2.31. The molecule has 112 valence electrons. The minimum absolute atomic E-state index is 0.00827. The number of nitrogens with zero attached hydrogens (tertiary/aromatic N) is 1. The van der Waals surface area contributed by atoms with Gasteiger partial charge < -0.3 is 10.5 Å². The van der Waals surface area contributed by atoms with Gasteiger partial charge in [0.25, 0.3) is 0 Å². The number of ether oxygens (including phenoxy) is 1. The van der Waals surface area contributed by atoms with E-state index in [0.717, 1.165) is 11.4 Å². The Balaban J connectivity index is 2.15. The van der Waals surface area contributed by atoms with Crippen molar-refractivity contribution < 1.29 is 9.13 Å². The summed E-state index contributed by atoms with van der Waals surface area (Å²) in [6.45, 7) is 4.00. The van der Waals surface area contributed by atoms with Crippen LogP contribution in [0.5, 0.6) is 5.75 Å². The second-order valence-corrected chi connectivity index (χ2v) is 6.02. The molecule has 5 heteroatoms. The molecule has 0 radical (unpaired) electrons. The van der Waals surface area contributed by atoms with Crippen LogP contribution in [0.3, 0.4) is 0 Å². The van der Waals surface area contributed by atoms with Crippen LogP contribution in [0.1, 0.15) is 23.9 Å². The number of nitrogens with two attached hydrogens (primary N) is 1. The molecule has 0 fully saturated rings. The maximum Gasteiger partial charge on any atom is 0.141 e. The molecule has 2 rings (SSSR count). The Morgan fingerprint density at radius 3 is 2.76 bits per heavy atom. The smallest absolute Gasteiger partial charge is 0.141 e. The third kappa shape index (κ3) is 4.51. The summed E-state index contributed by atoms with van der Waals surface area (Å²) in [6, 6.07) is 8.64. The van der Waals surface area contributed by atoms with Crippen LogP contribution >= 0.6 is 15.9 Å². The molecular weight excluding hydrogens is 335 g/mol. The van der Waals surface area contributed by atoms with Crippen molar-refractivity contribution in [1.82, 2.24) is 4.98 Å². The lowest BCUT2D eigenvalue weighted by Gasteiger charge is -2.13. The molecule has 0 bridgehead atoms. The Kier molecular flexibility index (Phi) is 5.31. The summed E-state index contributed by atoms with van der Waals surface area (Å²) < 4.78 is 20.2. The number of halogens is 2. The van der Waals surface area contributed by atoms with Crippen molar-refractivity contribution in [1.29, 1.82) is 0 Å². The average Bonchev–Trinajstić information content (AvgIpc) is 2.39. The lowest BCUT2D eigenvalue weighted by molar-refractivity contribution is 0.294. The van der Waals surface area contributed by atoms with Gasteiger partial charge >= 0.3 is 0 Å². The van der Waals surface area contributed by atoms with Crippen molar-refractivity contribution in [2.24, 2.45) is 5.73 Å². The van der Waals surface area contributed by atoms with Crippen molar-refractivity contribution >= 4 is 15.9 Å². The molecule has 1 heterocycles. The molecule has 0 spiro atoms. The van der Waals surface area contributed by atoms with Gasteiger partial charge in [0, 0.05) is 28.2 Å². The zero-order valence-electron chi connectivity index (χ0n) is 12.1. The largest absolute Gasteiger partial charge is 0.487 e. The number of hydrogen-bond donors (Lipinski definition) is 1. The Hall–Kier alpha value is -1.46. The fourth-order valence-electron chi connectivity index (χ4n) is 1.97. The van der Waals surface area contributed by atoms with Crippen molar-refractivity contribution in [2.45, 2.75) is 32.9 Å². The summed E-state index contributed by atoms with van der Waals surface area (Å²) in [5.41, 5.74) is 8.05. The molecule has 0 aliphatic rings. The zero-order chi connectivity index (χ0) is 15.4. The third-order valence-corrected chi connectivity index (χ3v) is 3.48. The van der Waals surface area contributed by atoms with Gasteiger partial charge in [-0.2, -0.15) is 0 Å². The van der Waals surface area contributed by atoms with E-state index in [2.05, 4.69) is 20.9 Å². The summed E-state index contributed by atoms with van der Waals surface area (Å²) in [4.78, 5) is 4.46. The quantitative estimate of drug-likeness (QED) is 0.890. The number of hydrogen-bond acceptors (Lipinski definition) is 3. The molecule has 0 saturated carbocycles. The van der Waals surface area contributed by atoms with E-state index in [9.17, 15) is 4.39 Å². The van der Waals surface area contributed by atoms with E-state index >= 15 is 0 Å². The molecule has 2 N–H and O–H groups in total. The van der Waals surface area contributed by atoms with E-state index in [1.165, 1.54) is 6.07 Å². The SMILES string of the molecule is Cc1ccc(OCc2ccc(Br)cc2F)c(CC(C)N)n1. The van der Waals surface area contributed by atoms with Crippen LogP contribution in [0.2, 0.25) is 0 Å². The summed E-state index contributed by atoms with van der Waals surface area (Å²) >= 11 is 3.23. The van der Waals surface area contributed by atoms with Crippen molar-refractivity contribution in [3.63, 3.8) is 0 Å². The first-order chi connectivity index (χ1) is 9.95. The van der Waals surface area contributed by atoms with Crippen LogP contribution in [0.4, 0.5) is 4.39 Å². The highest BCUT2D eigenvalue weighted by Gasteiger charge is 2.10. The van der Waals surface area contributed by atoms with E-state index in [0.29, 0.717) is 22.2 Å². The average molecular weight is 353 g/mol. The highest BCUT2D eigenvalue weighted by Crippen LogP contribution is 2.21. The van der Waals surface area contributed by atoms with E-state index in [-0.39, 0.29) is 18.5 Å². The van der Waals surface area contributed by atoms with Crippen LogP contribution in [0, 0.1) is 12.7 Å². The van der Waals surface area contributed by atoms with Gasteiger partial charge in [0.05, 0.1) is 5.69 Å². The normalized spacial score (nSPS) is 12.2. The molecule has 2 aromatic rings. The standard InChI is InChI=1S/C16H18BrFN2O/c1-10(19)7-15-16(6-3-11(2)20-15)21-9-12-4-5-13(17)8-14(12)18/h3-6,8,10H,7,9,19H2,1-2H3. The Morgan fingerprint density at radius 1 is 1.33 bits per heavy atom. The highest BCUT2D eigenvalue weighted by atomic mass is 79.9. The predicted octanol–water partition coefficient (Wildman–Crippen LogP) is 3.76. The van der Waals surface area contributed by atoms with Crippen LogP contribution in [0.25, 0.3) is 0 Å². The van der Waals surface area contributed by atoms with Crippen LogP contribution in [0.15, 0.2) is 34.8 Å². The molecule has 1 aromatic carbocycles. The topological polar surface area (TPSA) is 48.1 Å². The minimum Gasteiger partial charge on any atom is -0.487 e. The first kappa shape index (κ1) is 15.9. The number of aryl methyl sites for hydroxylation is 1. The monoisotopic (exact) mass is 352 g/mol. The molecular formula is C16H18BrFN2O. The molecule has 1 unspecified atom stereocenters. The second kappa shape index (κ2) is 7.00. The molecule has 0 amide bonds. The van der Waals surface area contributed by atoms with Gasteiger partial charge in [0.2, 0.25) is 0 Å². The molecule has 0 aliphatic heterocycles. The predicted molar refractivity (Wildman–Crippen MR) is 84.8 cm³/mol. The Bertz CT molecular complexity index is 632. The molecule has 1 atom stereocenters. The van der Waals surface area contributed by atoms with E-state index in [1.54, 1.807) is 12.1 Å². The Labute approximate surface area is 132 Å². The lowest BCUT2D eigenvalue weighted by atomic mass is 10.1. The first-order valence-electron chi connectivity index (χ1n) is 6.74. The van der Waals surface area contributed by atoms with E-state index in [1.807, 2.05) is 26.0 Å². The molecule has 21 heavy (non-hydrogen) atoms. The van der Waals surface area contributed by atoms with Crippen molar-refractivity contribution in [3.05, 3.63) is 57.6 Å². The highest BCUT2D eigenvalue weighted by molar-refractivity contribution is 9.10. The van der Waals surface area contributed by atoms with E-state index < -0.39 is 0 Å². The lowest BCUT2D eigenvalue weighted by Crippen LogP contribution is -2.19. The van der Waals surface area contributed by atoms with Crippen molar-refractivity contribution in [3.8, 4) is 5.75 Å². The summed E-state index contributed by atoms with van der Waals surface area (Å²) in [5.74, 6) is 0.360. The molecule has 0 saturated heterocycles. The molecule has 0 aliphatic carbocycles. The van der Waals surface area contributed by atoms with Gasteiger partial charge in [0.15, 0.2) is 0 Å². The van der Waals surface area contributed by atoms with Gasteiger partial charge in [-0.15, -0.1) is 0 Å². The number of pyridine rings is 1. The van der Waals surface area contributed by atoms with Crippen LogP contribution < -0.4 is 10.5 Å². The van der Waals surface area contributed by atoms with Gasteiger partial charge in [-0.25, -0.2) is 4.39 Å². The Morgan fingerprint density at radius 2 is 2.10 bits per heavy atom. The fraction of sp³-hybridized carbons (Fsp3) is 0.312.